The zero-order valence-corrected chi connectivity index (χ0v) is 10.9. The van der Waals surface area contributed by atoms with Gasteiger partial charge in [0, 0.05) is 18.6 Å². The van der Waals surface area contributed by atoms with Gasteiger partial charge in [0.15, 0.2) is 5.65 Å². The number of hydrogen-bond acceptors (Lipinski definition) is 5. The fourth-order valence-corrected chi connectivity index (χ4v) is 3.52. The first kappa shape index (κ1) is 11.2. The zero-order chi connectivity index (χ0) is 12.9. The summed E-state index contributed by atoms with van der Waals surface area (Å²) in [5.41, 5.74) is 1.12. The lowest BCUT2D eigenvalue weighted by atomic mass is 9.51. The highest BCUT2D eigenvalue weighted by Crippen LogP contribution is 2.57. The second kappa shape index (κ2) is 3.90. The lowest BCUT2D eigenvalue weighted by Crippen LogP contribution is -2.64. The molecular formula is C13H17N5O. The summed E-state index contributed by atoms with van der Waals surface area (Å²) in [6.45, 7) is 0. The summed E-state index contributed by atoms with van der Waals surface area (Å²) in [6, 6.07) is 4.38. The summed E-state index contributed by atoms with van der Waals surface area (Å²) in [5, 5.41) is 15.8. The fourth-order valence-electron chi connectivity index (χ4n) is 3.52. The van der Waals surface area contributed by atoms with Gasteiger partial charge >= 0.3 is 0 Å². The predicted molar refractivity (Wildman–Crippen MR) is 69.9 cm³/mol. The molecule has 0 saturated heterocycles. The molecule has 1 N–H and O–H groups in total. The summed E-state index contributed by atoms with van der Waals surface area (Å²) >= 11 is 0. The van der Waals surface area contributed by atoms with E-state index in [0.717, 1.165) is 17.9 Å². The quantitative estimate of drug-likeness (QED) is 0.904. The van der Waals surface area contributed by atoms with Gasteiger partial charge in [0.25, 0.3) is 0 Å². The molecule has 19 heavy (non-hydrogen) atoms. The molecule has 2 saturated carbocycles. The molecule has 0 aliphatic heterocycles. The van der Waals surface area contributed by atoms with Crippen molar-refractivity contribution in [1.82, 2.24) is 19.8 Å². The van der Waals surface area contributed by atoms with E-state index in [9.17, 15) is 0 Å². The van der Waals surface area contributed by atoms with Crippen LogP contribution in [0.5, 0.6) is 0 Å². The van der Waals surface area contributed by atoms with Crippen LogP contribution in [0.1, 0.15) is 25.7 Å². The standard InChI is InChI=1S/C13H17N5O/c1-19-10-7-9(13(10)5-2-6-13)15-11-3-4-12-16-14-8-18(12)17-11/h3-4,8-10H,2,5-7H2,1H3,(H,15,17). The number of rotatable bonds is 3. The van der Waals surface area contributed by atoms with Crippen molar-refractivity contribution in [2.75, 3.05) is 12.4 Å². The molecule has 2 heterocycles. The Hall–Kier alpha value is -1.69. The molecule has 2 aliphatic carbocycles. The molecule has 2 atom stereocenters. The van der Waals surface area contributed by atoms with E-state index in [-0.39, 0.29) is 0 Å². The van der Waals surface area contributed by atoms with Crippen LogP contribution >= 0.6 is 0 Å². The molecule has 2 fully saturated rings. The Balaban J connectivity index is 1.55. The predicted octanol–water partition coefficient (Wildman–Crippen LogP) is 1.49. The molecule has 2 aromatic heterocycles. The molecular weight excluding hydrogens is 242 g/mol. The molecule has 4 rings (SSSR count). The van der Waals surface area contributed by atoms with Crippen LogP contribution in [0.2, 0.25) is 0 Å². The number of ether oxygens (including phenoxy) is 1. The molecule has 2 aliphatic rings. The first-order valence-electron chi connectivity index (χ1n) is 6.78. The fraction of sp³-hybridized carbons (Fsp3) is 0.615. The van der Waals surface area contributed by atoms with Crippen LogP contribution in [0.4, 0.5) is 5.82 Å². The summed E-state index contributed by atoms with van der Waals surface area (Å²) in [5.74, 6) is 0.887. The topological polar surface area (TPSA) is 64.3 Å². The zero-order valence-electron chi connectivity index (χ0n) is 10.9. The molecule has 1 spiro atoms. The minimum absolute atomic E-state index is 0.346. The molecule has 100 valence electrons. The van der Waals surface area contributed by atoms with E-state index in [4.69, 9.17) is 4.74 Å². The molecule has 2 unspecified atom stereocenters. The van der Waals surface area contributed by atoms with Gasteiger partial charge in [-0.25, -0.2) is 0 Å². The lowest BCUT2D eigenvalue weighted by Gasteiger charge is -2.60. The minimum Gasteiger partial charge on any atom is -0.381 e. The monoisotopic (exact) mass is 259 g/mol. The van der Waals surface area contributed by atoms with Crippen molar-refractivity contribution < 1.29 is 4.74 Å². The highest BCUT2D eigenvalue weighted by molar-refractivity contribution is 5.44. The van der Waals surface area contributed by atoms with E-state index in [1.54, 1.807) is 10.8 Å². The van der Waals surface area contributed by atoms with E-state index in [1.807, 2.05) is 19.2 Å². The van der Waals surface area contributed by atoms with Gasteiger partial charge in [-0.05, 0) is 31.4 Å². The second-order valence-corrected chi connectivity index (χ2v) is 5.60. The van der Waals surface area contributed by atoms with Crippen molar-refractivity contribution in [2.45, 2.75) is 37.8 Å². The summed E-state index contributed by atoms with van der Waals surface area (Å²) < 4.78 is 7.28. The third kappa shape index (κ3) is 1.49. The number of aromatic nitrogens is 4. The average Bonchev–Trinajstić information content (AvgIpc) is 2.79. The van der Waals surface area contributed by atoms with Crippen LogP contribution in [0.3, 0.4) is 0 Å². The second-order valence-electron chi connectivity index (χ2n) is 5.60. The summed E-state index contributed by atoms with van der Waals surface area (Å²) in [4.78, 5) is 0. The average molecular weight is 259 g/mol. The third-order valence-electron chi connectivity index (χ3n) is 4.84. The van der Waals surface area contributed by atoms with E-state index in [0.29, 0.717) is 17.6 Å². The lowest BCUT2D eigenvalue weighted by molar-refractivity contribution is -0.145. The number of anilines is 1. The van der Waals surface area contributed by atoms with Crippen LogP contribution in [0.15, 0.2) is 18.5 Å². The summed E-state index contributed by atoms with van der Waals surface area (Å²) in [7, 11) is 1.82. The first-order chi connectivity index (χ1) is 9.32. The normalized spacial score (nSPS) is 28.1. The minimum atomic E-state index is 0.346. The van der Waals surface area contributed by atoms with Crippen molar-refractivity contribution in [3.05, 3.63) is 18.5 Å². The van der Waals surface area contributed by atoms with Crippen molar-refractivity contribution in [3.8, 4) is 0 Å². The van der Waals surface area contributed by atoms with Crippen LogP contribution in [0, 0.1) is 5.41 Å². The van der Waals surface area contributed by atoms with Gasteiger partial charge < -0.3 is 10.1 Å². The molecule has 0 bridgehead atoms. The van der Waals surface area contributed by atoms with E-state index >= 15 is 0 Å². The molecule has 0 radical (unpaired) electrons. The molecule has 0 aromatic carbocycles. The van der Waals surface area contributed by atoms with Crippen LogP contribution < -0.4 is 5.32 Å². The van der Waals surface area contributed by atoms with Gasteiger partial charge in [0.05, 0.1) is 6.10 Å². The van der Waals surface area contributed by atoms with E-state index in [2.05, 4.69) is 20.6 Å². The molecule has 6 nitrogen and oxygen atoms in total. The number of nitrogens with one attached hydrogen (secondary N) is 1. The van der Waals surface area contributed by atoms with E-state index in [1.165, 1.54) is 19.3 Å². The van der Waals surface area contributed by atoms with Crippen molar-refractivity contribution >= 4 is 11.5 Å². The largest absolute Gasteiger partial charge is 0.381 e. The smallest absolute Gasteiger partial charge is 0.177 e. The van der Waals surface area contributed by atoms with Gasteiger partial charge in [-0.1, -0.05) is 6.42 Å². The molecule has 2 aromatic rings. The number of methoxy groups -OCH3 is 1. The SMILES string of the molecule is COC1CC(Nc2ccc3nncn3n2)C12CCC2. The van der Waals surface area contributed by atoms with Crippen molar-refractivity contribution in [3.63, 3.8) is 0 Å². The van der Waals surface area contributed by atoms with Crippen LogP contribution in [-0.2, 0) is 4.74 Å². The Morgan fingerprint density at radius 2 is 2.32 bits per heavy atom. The number of fused-ring (bicyclic) bond motifs is 1. The maximum absolute atomic E-state index is 5.58. The van der Waals surface area contributed by atoms with Crippen LogP contribution in [0.25, 0.3) is 5.65 Å². The van der Waals surface area contributed by atoms with E-state index < -0.39 is 0 Å². The van der Waals surface area contributed by atoms with Crippen LogP contribution in [-0.4, -0.2) is 39.1 Å². The highest BCUT2D eigenvalue weighted by atomic mass is 16.5. The van der Waals surface area contributed by atoms with Gasteiger partial charge in [0.1, 0.15) is 12.1 Å². The van der Waals surface area contributed by atoms with Crippen molar-refractivity contribution in [2.24, 2.45) is 5.41 Å². The van der Waals surface area contributed by atoms with Gasteiger partial charge in [-0.15, -0.1) is 15.3 Å². The highest BCUT2D eigenvalue weighted by Gasteiger charge is 2.58. The number of nitrogens with zero attached hydrogens (tertiary/aromatic N) is 4. The maximum Gasteiger partial charge on any atom is 0.177 e. The van der Waals surface area contributed by atoms with Gasteiger partial charge in [-0.2, -0.15) is 4.52 Å². The first-order valence-corrected chi connectivity index (χ1v) is 6.78. The Morgan fingerprint density at radius 3 is 3.05 bits per heavy atom. The Bertz CT molecular complexity index is 606. The molecule has 0 amide bonds. The van der Waals surface area contributed by atoms with Gasteiger partial charge in [0.2, 0.25) is 0 Å². The molecule has 6 heteroatoms. The maximum atomic E-state index is 5.58. The Kier molecular flexibility index (Phi) is 2.29. The van der Waals surface area contributed by atoms with Crippen molar-refractivity contribution in [1.29, 1.82) is 0 Å². The Labute approximate surface area is 111 Å². The third-order valence-corrected chi connectivity index (χ3v) is 4.84. The summed E-state index contributed by atoms with van der Waals surface area (Å²) in [6.07, 6.45) is 6.94. The number of hydrogen-bond donors (Lipinski definition) is 1. The van der Waals surface area contributed by atoms with Gasteiger partial charge in [-0.3, -0.25) is 0 Å². The Morgan fingerprint density at radius 1 is 1.42 bits per heavy atom.